The minimum atomic E-state index is -0.122. The second-order valence-corrected chi connectivity index (χ2v) is 7.39. The van der Waals surface area contributed by atoms with Gasteiger partial charge in [0.05, 0.1) is 33.0 Å². The smallest absolute Gasteiger partial charge is 0.238 e. The van der Waals surface area contributed by atoms with Crippen molar-refractivity contribution in [1.29, 1.82) is 0 Å². The summed E-state index contributed by atoms with van der Waals surface area (Å²) in [4.78, 5) is 21.1. The second kappa shape index (κ2) is 9.02. The predicted molar refractivity (Wildman–Crippen MR) is 106 cm³/mol. The maximum absolute atomic E-state index is 12.3. The number of piperazine rings is 1. The standard InChI is InChI=1S/C18H19Cl3N4O/c19-14-9-16(21)17(10-15(14)20)23-18(26)12-25-7-5-24(6-8-25)11-13-3-1-2-4-22-13/h1-4,9-10H,5-8,11-12H2,(H,23,26). The first-order valence-electron chi connectivity index (χ1n) is 8.30. The van der Waals surface area contributed by atoms with Gasteiger partial charge in [-0.25, -0.2) is 0 Å². The molecule has 5 nitrogen and oxygen atoms in total. The first-order chi connectivity index (χ1) is 12.5. The minimum absolute atomic E-state index is 0.122. The molecule has 8 heteroatoms. The van der Waals surface area contributed by atoms with Crippen LogP contribution in [0.4, 0.5) is 5.69 Å². The van der Waals surface area contributed by atoms with E-state index in [0.717, 1.165) is 38.4 Å². The van der Waals surface area contributed by atoms with Crippen molar-refractivity contribution in [2.45, 2.75) is 6.54 Å². The summed E-state index contributed by atoms with van der Waals surface area (Å²) in [5, 5.41) is 3.88. The van der Waals surface area contributed by atoms with Crippen molar-refractivity contribution >= 4 is 46.4 Å². The van der Waals surface area contributed by atoms with Crippen molar-refractivity contribution in [1.82, 2.24) is 14.8 Å². The molecule has 26 heavy (non-hydrogen) atoms. The molecule has 0 unspecified atom stereocenters. The van der Waals surface area contributed by atoms with Crippen LogP contribution in [0.3, 0.4) is 0 Å². The van der Waals surface area contributed by atoms with Crippen molar-refractivity contribution < 1.29 is 4.79 Å². The number of carbonyl (C=O) groups is 1. The van der Waals surface area contributed by atoms with Gasteiger partial charge in [-0.15, -0.1) is 0 Å². The molecule has 1 saturated heterocycles. The Hall–Kier alpha value is -1.37. The fraction of sp³-hybridized carbons (Fsp3) is 0.333. The molecule has 0 spiro atoms. The Kier molecular flexibility index (Phi) is 6.73. The molecule has 0 saturated carbocycles. The normalized spacial score (nSPS) is 15.8. The molecule has 3 rings (SSSR count). The molecule has 2 heterocycles. The van der Waals surface area contributed by atoms with E-state index in [9.17, 15) is 4.79 Å². The first-order valence-corrected chi connectivity index (χ1v) is 9.43. The van der Waals surface area contributed by atoms with Gasteiger partial charge in [-0.1, -0.05) is 40.9 Å². The first kappa shape index (κ1) is 19.4. The van der Waals surface area contributed by atoms with E-state index in [0.29, 0.717) is 27.3 Å². The van der Waals surface area contributed by atoms with Crippen molar-refractivity contribution in [3.8, 4) is 0 Å². The Bertz CT molecular complexity index is 765. The number of aromatic nitrogens is 1. The van der Waals surface area contributed by atoms with Crippen LogP contribution in [0.25, 0.3) is 0 Å². The number of nitrogens with zero attached hydrogens (tertiary/aromatic N) is 3. The summed E-state index contributed by atoms with van der Waals surface area (Å²) in [6.07, 6.45) is 1.81. The maximum atomic E-state index is 12.3. The molecule has 138 valence electrons. The highest BCUT2D eigenvalue weighted by molar-refractivity contribution is 6.44. The molecule has 2 aromatic rings. The molecule has 1 fully saturated rings. The van der Waals surface area contributed by atoms with E-state index in [1.54, 1.807) is 6.07 Å². The molecule has 1 aromatic heterocycles. The number of pyridine rings is 1. The fourth-order valence-electron chi connectivity index (χ4n) is 2.84. The zero-order valence-electron chi connectivity index (χ0n) is 14.1. The molecule has 0 bridgehead atoms. The second-order valence-electron chi connectivity index (χ2n) is 6.17. The molecule has 0 atom stereocenters. The van der Waals surface area contributed by atoms with Crippen LogP contribution < -0.4 is 5.32 Å². The van der Waals surface area contributed by atoms with E-state index in [2.05, 4.69) is 20.1 Å². The van der Waals surface area contributed by atoms with E-state index >= 15 is 0 Å². The van der Waals surface area contributed by atoms with Gasteiger partial charge in [-0.2, -0.15) is 0 Å². The predicted octanol–water partition coefficient (Wildman–Crippen LogP) is 3.80. The molecular formula is C18H19Cl3N4O. The number of benzene rings is 1. The average Bonchev–Trinajstić information content (AvgIpc) is 2.62. The molecule has 1 aliphatic heterocycles. The van der Waals surface area contributed by atoms with E-state index in [1.807, 2.05) is 24.4 Å². The molecule has 1 N–H and O–H groups in total. The van der Waals surface area contributed by atoms with Crippen LogP contribution in [0.5, 0.6) is 0 Å². The van der Waals surface area contributed by atoms with E-state index in [1.165, 1.54) is 6.07 Å². The topological polar surface area (TPSA) is 48.5 Å². The third kappa shape index (κ3) is 5.32. The van der Waals surface area contributed by atoms with Gasteiger partial charge >= 0.3 is 0 Å². The van der Waals surface area contributed by atoms with E-state index in [-0.39, 0.29) is 5.91 Å². The summed E-state index contributed by atoms with van der Waals surface area (Å²) in [5.41, 5.74) is 1.54. The number of nitrogens with one attached hydrogen (secondary N) is 1. The third-order valence-corrected chi connectivity index (χ3v) is 5.26. The third-order valence-electron chi connectivity index (χ3n) is 4.23. The molecule has 0 aliphatic carbocycles. The largest absolute Gasteiger partial charge is 0.324 e. The summed E-state index contributed by atoms with van der Waals surface area (Å²) in [7, 11) is 0. The Balaban J connectivity index is 1.47. The molecule has 1 aliphatic rings. The van der Waals surface area contributed by atoms with Crippen LogP contribution in [0.1, 0.15) is 5.69 Å². The lowest BCUT2D eigenvalue weighted by Crippen LogP contribution is -2.48. The van der Waals surface area contributed by atoms with E-state index < -0.39 is 0 Å². The molecule has 0 radical (unpaired) electrons. The monoisotopic (exact) mass is 412 g/mol. The van der Waals surface area contributed by atoms with Gasteiger partial charge < -0.3 is 5.32 Å². The number of hydrogen-bond acceptors (Lipinski definition) is 4. The Morgan fingerprint density at radius 2 is 1.69 bits per heavy atom. The summed E-state index contributed by atoms with van der Waals surface area (Å²) in [6, 6.07) is 9.03. The highest BCUT2D eigenvalue weighted by atomic mass is 35.5. The lowest BCUT2D eigenvalue weighted by Gasteiger charge is -2.34. The lowest BCUT2D eigenvalue weighted by atomic mass is 10.2. The molecule has 1 amide bonds. The van der Waals surface area contributed by atoms with Gasteiger partial charge in [0.15, 0.2) is 0 Å². The SMILES string of the molecule is O=C(CN1CCN(Cc2ccccn2)CC1)Nc1cc(Cl)c(Cl)cc1Cl. The van der Waals surface area contributed by atoms with Crippen LogP contribution in [0.15, 0.2) is 36.5 Å². The van der Waals surface area contributed by atoms with Gasteiger partial charge in [-0.3, -0.25) is 19.6 Å². The number of rotatable bonds is 5. The number of anilines is 1. The summed E-state index contributed by atoms with van der Waals surface area (Å²) < 4.78 is 0. The van der Waals surface area contributed by atoms with Crippen molar-refractivity contribution in [3.63, 3.8) is 0 Å². The summed E-state index contributed by atoms with van der Waals surface area (Å²) in [5.74, 6) is -0.122. The van der Waals surface area contributed by atoms with Gasteiger partial charge in [0, 0.05) is 38.9 Å². The van der Waals surface area contributed by atoms with Crippen molar-refractivity contribution in [2.24, 2.45) is 0 Å². The number of hydrogen-bond donors (Lipinski definition) is 1. The van der Waals surface area contributed by atoms with Crippen molar-refractivity contribution in [2.75, 3.05) is 38.0 Å². The molecular weight excluding hydrogens is 395 g/mol. The Morgan fingerprint density at radius 3 is 2.38 bits per heavy atom. The van der Waals surface area contributed by atoms with E-state index in [4.69, 9.17) is 34.8 Å². The summed E-state index contributed by atoms with van der Waals surface area (Å²) in [6.45, 7) is 4.60. The van der Waals surface area contributed by atoms with Gasteiger partial charge in [-0.05, 0) is 24.3 Å². The maximum Gasteiger partial charge on any atom is 0.238 e. The molecule has 1 aromatic carbocycles. The van der Waals surface area contributed by atoms with Crippen LogP contribution in [-0.4, -0.2) is 53.4 Å². The van der Waals surface area contributed by atoms with Crippen LogP contribution in [-0.2, 0) is 11.3 Å². The van der Waals surface area contributed by atoms with Crippen molar-refractivity contribution in [3.05, 3.63) is 57.3 Å². The number of amides is 1. The average molecular weight is 414 g/mol. The zero-order valence-corrected chi connectivity index (χ0v) is 16.4. The minimum Gasteiger partial charge on any atom is -0.324 e. The number of carbonyl (C=O) groups excluding carboxylic acids is 1. The Morgan fingerprint density at radius 1 is 1.00 bits per heavy atom. The summed E-state index contributed by atoms with van der Waals surface area (Å²) >= 11 is 18.0. The highest BCUT2D eigenvalue weighted by Crippen LogP contribution is 2.32. The Labute approximate surface area is 167 Å². The zero-order chi connectivity index (χ0) is 18.5. The van der Waals surface area contributed by atoms with Gasteiger partial charge in [0.1, 0.15) is 0 Å². The van der Waals surface area contributed by atoms with Crippen LogP contribution >= 0.6 is 34.8 Å². The fourth-order valence-corrected chi connectivity index (χ4v) is 3.43. The lowest BCUT2D eigenvalue weighted by molar-refractivity contribution is -0.117. The van der Waals surface area contributed by atoms with Crippen LogP contribution in [0, 0.1) is 0 Å². The van der Waals surface area contributed by atoms with Crippen LogP contribution in [0.2, 0.25) is 15.1 Å². The van der Waals surface area contributed by atoms with Gasteiger partial charge in [0.2, 0.25) is 5.91 Å². The van der Waals surface area contributed by atoms with Gasteiger partial charge in [0.25, 0.3) is 0 Å². The quantitative estimate of drug-likeness (QED) is 0.758. The number of halogens is 3. The highest BCUT2D eigenvalue weighted by Gasteiger charge is 2.20.